The third kappa shape index (κ3) is 8.10. The first kappa shape index (κ1) is 35.8. The second kappa shape index (κ2) is 16.0. The summed E-state index contributed by atoms with van der Waals surface area (Å²) < 4.78 is 0. The molecule has 240 valence electrons. The minimum Gasteiger partial charge on any atom is -0.481 e. The van der Waals surface area contributed by atoms with E-state index in [1.807, 2.05) is 55.6 Å². The number of hydrogen-bond donors (Lipinski definition) is 2. The van der Waals surface area contributed by atoms with Crippen LogP contribution in [0.2, 0.25) is 0 Å². The van der Waals surface area contributed by atoms with Crippen molar-refractivity contribution in [1.82, 2.24) is 4.90 Å². The first-order valence-electron chi connectivity index (χ1n) is 16.1. The number of nitrogens with two attached hydrogens (primary N) is 1. The van der Waals surface area contributed by atoms with Gasteiger partial charge in [0.25, 0.3) is 0 Å². The molecule has 1 heterocycles. The minimum atomic E-state index is -0.850. The van der Waals surface area contributed by atoms with Crippen LogP contribution in [0.3, 0.4) is 0 Å². The Morgan fingerprint density at radius 2 is 2.00 bits per heavy atom. The molecule has 3 aliphatic rings. The van der Waals surface area contributed by atoms with Crippen molar-refractivity contribution in [3.05, 3.63) is 112 Å². The Balaban J connectivity index is 0.00000282. The lowest BCUT2D eigenvalue weighted by molar-refractivity contribution is -0.571. The van der Waals surface area contributed by atoms with E-state index in [1.54, 1.807) is 6.07 Å². The van der Waals surface area contributed by atoms with E-state index in [2.05, 4.69) is 75.1 Å². The van der Waals surface area contributed by atoms with E-state index >= 15 is 0 Å². The van der Waals surface area contributed by atoms with Gasteiger partial charge in [-0.05, 0) is 65.8 Å². The molecule has 0 bridgehead atoms. The van der Waals surface area contributed by atoms with Gasteiger partial charge < -0.3 is 20.1 Å². The monoisotopic (exact) mass is 619 g/mol. The van der Waals surface area contributed by atoms with Crippen LogP contribution in [0.25, 0.3) is 0 Å². The molecular weight excluding hydrogens is 572 g/mol. The molecule has 7 nitrogen and oxygen atoms in total. The zero-order valence-electron chi connectivity index (χ0n) is 28.0. The molecule has 4 rings (SSSR count). The highest BCUT2D eigenvalue weighted by Crippen LogP contribution is 2.54. The average Bonchev–Trinajstić information content (AvgIpc) is 3.27. The topological polar surface area (TPSA) is 122 Å². The van der Waals surface area contributed by atoms with Gasteiger partial charge >= 0.3 is 5.97 Å². The Morgan fingerprint density at radius 1 is 1.24 bits per heavy atom. The van der Waals surface area contributed by atoms with Gasteiger partial charge in [-0.1, -0.05) is 71.9 Å². The second-order valence-corrected chi connectivity index (χ2v) is 12.6. The Morgan fingerprint density at radius 3 is 2.67 bits per heavy atom. The highest BCUT2D eigenvalue weighted by atomic mass is 16.4. The van der Waals surface area contributed by atoms with E-state index in [4.69, 9.17) is 5.11 Å². The lowest BCUT2D eigenvalue weighted by atomic mass is 9.72. The number of fused-ring (bicyclic) bond motifs is 2. The van der Waals surface area contributed by atoms with Crippen LogP contribution in [0.1, 0.15) is 78.4 Å². The predicted octanol–water partition coefficient (Wildman–Crippen LogP) is 7.07. The number of carboxylic acid groups (broad SMARTS) is 1. The summed E-state index contributed by atoms with van der Waals surface area (Å²) in [5.74, 6) is -0.497. The summed E-state index contributed by atoms with van der Waals surface area (Å²) >= 11 is 0. The Labute approximate surface area is 274 Å². The summed E-state index contributed by atoms with van der Waals surface area (Å²) in [7, 11) is 0. The lowest BCUT2D eigenvalue weighted by Gasteiger charge is -2.31. The second-order valence-electron chi connectivity index (χ2n) is 12.6. The van der Waals surface area contributed by atoms with Gasteiger partial charge in [0, 0.05) is 47.3 Å². The maximum absolute atomic E-state index is 11.4. The molecule has 1 atom stereocenters. The van der Waals surface area contributed by atoms with Gasteiger partial charge in [0.1, 0.15) is 12.0 Å². The van der Waals surface area contributed by atoms with Crippen LogP contribution in [0.4, 0.5) is 5.69 Å². The van der Waals surface area contributed by atoms with Gasteiger partial charge in [-0.25, -0.2) is 0 Å². The third-order valence-corrected chi connectivity index (χ3v) is 8.66. The van der Waals surface area contributed by atoms with E-state index in [9.17, 15) is 20.1 Å². The van der Waals surface area contributed by atoms with Crippen LogP contribution in [-0.4, -0.2) is 35.4 Å². The summed E-state index contributed by atoms with van der Waals surface area (Å²) in [6.45, 7) is 13.6. The van der Waals surface area contributed by atoms with Crippen LogP contribution >= 0.6 is 0 Å². The van der Waals surface area contributed by atoms with Crippen LogP contribution in [-0.2, 0) is 15.0 Å². The lowest BCUT2D eigenvalue weighted by Crippen LogP contribution is -2.79. The SMILES string of the molecule is CC.CC1(C)C2=C(C=CC3CC=CC=C23)N(CCC=O)/C1=C/C=C(C#N)/C=C/CC(C)(C)c1cc(C#N)ccc1[NH2+]CCC(=O)O. The first-order valence-corrected chi connectivity index (χ1v) is 16.1. The number of carbonyl (C=O) groups is 2. The van der Waals surface area contributed by atoms with Gasteiger partial charge in [-0.15, -0.1) is 0 Å². The van der Waals surface area contributed by atoms with Crippen molar-refractivity contribution in [2.24, 2.45) is 11.3 Å². The van der Waals surface area contributed by atoms with Crippen molar-refractivity contribution in [3.8, 4) is 12.1 Å². The first-order chi connectivity index (χ1) is 22.0. The summed E-state index contributed by atoms with van der Waals surface area (Å²) in [4.78, 5) is 24.6. The normalized spacial score (nSPS) is 19.2. The smallest absolute Gasteiger partial charge is 0.309 e. The molecule has 1 aromatic carbocycles. The molecule has 0 amide bonds. The molecule has 0 saturated carbocycles. The van der Waals surface area contributed by atoms with Crippen LogP contribution in [0, 0.1) is 34.0 Å². The van der Waals surface area contributed by atoms with Gasteiger partial charge in [0.15, 0.2) is 0 Å². The van der Waals surface area contributed by atoms with Crippen LogP contribution in [0.5, 0.6) is 0 Å². The van der Waals surface area contributed by atoms with Gasteiger partial charge in [-0.3, -0.25) is 4.79 Å². The quantitative estimate of drug-likeness (QED) is 0.112. The number of carboxylic acids is 1. The molecule has 1 unspecified atom stereocenters. The van der Waals surface area contributed by atoms with Crippen molar-refractivity contribution < 1.29 is 20.0 Å². The summed E-state index contributed by atoms with van der Waals surface area (Å²) in [6, 6.07) is 10.0. The number of nitrogens with zero attached hydrogens (tertiary/aromatic N) is 3. The Hall–Kier alpha value is -4.72. The maximum atomic E-state index is 11.4. The van der Waals surface area contributed by atoms with E-state index in [0.29, 0.717) is 43.0 Å². The number of nitriles is 2. The number of carbonyl (C=O) groups excluding carboxylic acids is 1. The molecule has 1 aliphatic heterocycles. The molecule has 0 spiro atoms. The fraction of sp³-hybridized carbons (Fsp3) is 0.385. The molecule has 2 aliphatic carbocycles. The van der Waals surface area contributed by atoms with Crippen LogP contribution < -0.4 is 5.32 Å². The van der Waals surface area contributed by atoms with Crippen molar-refractivity contribution in [1.29, 1.82) is 10.5 Å². The molecule has 3 N–H and O–H groups in total. The van der Waals surface area contributed by atoms with Crippen molar-refractivity contribution >= 4 is 17.9 Å². The van der Waals surface area contributed by atoms with E-state index in [1.165, 1.54) is 11.1 Å². The Kier molecular flexibility index (Phi) is 12.5. The average molecular weight is 620 g/mol. The fourth-order valence-corrected chi connectivity index (χ4v) is 6.39. The molecule has 1 aromatic rings. The van der Waals surface area contributed by atoms with E-state index < -0.39 is 5.97 Å². The van der Waals surface area contributed by atoms with Crippen molar-refractivity contribution in [2.45, 2.75) is 72.6 Å². The van der Waals surface area contributed by atoms with Gasteiger partial charge in [0.05, 0.1) is 36.2 Å². The number of benzene rings is 1. The minimum absolute atomic E-state index is 0.0407. The summed E-state index contributed by atoms with van der Waals surface area (Å²) in [5.41, 5.74) is 7.05. The zero-order chi connectivity index (χ0) is 33.9. The fourth-order valence-electron chi connectivity index (χ4n) is 6.39. The molecule has 0 fully saturated rings. The number of rotatable bonds is 12. The highest BCUT2D eigenvalue weighted by molar-refractivity contribution is 5.66. The number of allylic oxidation sites excluding steroid dienone is 12. The predicted molar refractivity (Wildman–Crippen MR) is 182 cm³/mol. The van der Waals surface area contributed by atoms with Crippen molar-refractivity contribution in [3.63, 3.8) is 0 Å². The third-order valence-electron chi connectivity index (χ3n) is 8.66. The standard InChI is InChI=1S/C37H40N4O3.C2H6/c1-36(2,30-23-27(25-39)12-15-31(30)40-20-18-34(43)44)19-7-9-26(24-38)13-17-33-37(3,4)35-29-11-6-5-10-28(29)14-16-32(35)41(33)21-8-22-42;1-2/h5-7,9,11-17,22-23,28,40H,8,10,18-21H2,1-4H3,(H,43,44);1-2H3/p+1/b9-7+,26-13-,33-17+;. The number of quaternary nitrogens is 1. The molecule has 46 heavy (non-hydrogen) atoms. The maximum Gasteiger partial charge on any atom is 0.309 e. The molecule has 0 radical (unpaired) electrons. The largest absolute Gasteiger partial charge is 0.481 e. The van der Waals surface area contributed by atoms with Crippen LogP contribution in [0.15, 0.2) is 101 Å². The van der Waals surface area contributed by atoms with Gasteiger partial charge in [0.2, 0.25) is 0 Å². The Bertz CT molecular complexity index is 1620. The summed E-state index contributed by atoms with van der Waals surface area (Å²) in [5, 5.41) is 30.5. The number of hydrogen-bond acceptors (Lipinski definition) is 5. The highest BCUT2D eigenvalue weighted by Gasteiger charge is 2.45. The van der Waals surface area contributed by atoms with E-state index in [-0.39, 0.29) is 17.3 Å². The molecule has 0 saturated heterocycles. The van der Waals surface area contributed by atoms with Crippen molar-refractivity contribution in [2.75, 3.05) is 13.1 Å². The molecule has 7 heteroatoms. The van der Waals surface area contributed by atoms with Gasteiger partial charge in [-0.2, -0.15) is 10.5 Å². The number of aldehydes is 1. The molecular formula is C39H47N4O3+. The van der Waals surface area contributed by atoms with E-state index in [0.717, 1.165) is 35.4 Å². The summed E-state index contributed by atoms with van der Waals surface area (Å²) in [6.07, 6.45) is 21.6. The zero-order valence-corrected chi connectivity index (χ0v) is 28.0. The molecule has 0 aromatic heterocycles. The number of aliphatic carboxylic acids is 1.